The van der Waals surface area contributed by atoms with Crippen molar-refractivity contribution < 1.29 is 12.8 Å². The van der Waals surface area contributed by atoms with Gasteiger partial charge in [0.1, 0.15) is 0 Å². The van der Waals surface area contributed by atoms with Gasteiger partial charge >= 0.3 is 0 Å². The molecular formula is C12H11FN2O2S. The largest absolute Gasteiger partial charge is 0.282 e. The third-order valence-electron chi connectivity index (χ3n) is 2.20. The standard InChI is InChI=1S/C12H11FN2O2S/c13-12-7-6-11(8-14-12)15-18(16,17)9-10-4-2-1-3-5-10/h1-8,15H,9H2. The van der Waals surface area contributed by atoms with E-state index >= 15 is 0 Å². The molecule has 0 aliphatic heterocycles. The van der Waals surface area contributed by atoms with Gasteiger partial charge in [0.05, 0.1) is 17.6 Å². The predicted molar refractivity (Wildman–Crippen MR) is 66.9 cm³/mol. The highest BCUT2D eigenvalue weighted by atomic mass is 32.2. The SMILES string of the molecule is O=S(=O)(Cc1ccccc1)Nc1ccc(F)nc1. The monoisotopic (exact) mass is 266 g/mol. The number of pyridine rings is 1. The smallest absolute Gasteiger partial charge is 0.236 e. The Morgan fingerprint density at radius 1 is 1.11 bits per heavy atom. The normalized spacial score (nSPS) is 11.2. The molecule has 6 heteroatoms. The van der Waals surface area contributed by atoms with Gasteiger partial charge in [-0.15, -0.1) is 0 Å². The number of nitrogens with one attached hydrogen (secondary N) is 1. The second kappa shape index (κ2) is 5.14. The highest BCUT2D eigenvalue weighted by molar-refractivity contribution is 7.91. The number of nitrogens with zero attached hydrogens (tertiary/aromatic N) is 1. The van der Waals surface area contributed by atoms with Crippen LogP contribution in [0.4, 0.5) is 10.1 Å². The first-order valence-electron chi connectivity index (χ1n) is 5.21. The molecule has 0 amide bonds. The van der Waals surface area contributed by atoms with Gasteiger partial charge in [0.25, 0.3) is 0 Å². The Bertz CT molecular complexity index is 612. The number of hydrogen-bond donors (Lipinski definition) is 1. The van der Waals surface area contributed by atoms with Crippen molar-refractivity contribution in [2.45, 2.75) is 5.75 Å². The van der Waals surface area contributed by atoms with Crippen molar-refractivity contribution in [1.82, 2.24) is 4.98 Å². The van der Waals surface area contributed by atoms with Gasteiger partial charge in [0.2, 0.25) is 16.0 Å². The number of anilines is 1. The highest BCUT2D eigenvalue weighted by Crippen LogP contribution is 2.11. The van der Waals surface area contributed by atoms with Crippen molar-refractivity contribution in [3.63, 3.8) is 0 Å². The van der Waals surface area contributed by atoms with Crippen LogP contribution in [0.2, 0.25) is 0 Å². The lowest BCUT2D eigenvalue weighted by Crippen LogP contribution is -2.15. The van der Waals surface area contributed by atoms with E-state index in [1.54, 1.807) is 24.3 Å². The van der Waals surface area contributed by atoms with Crippen LogP contribution in [0.15, 0.2) is 48.7 Å². The summed E-state index contributed by atoms with van der Waals surface area (Å²) in [5.74, 6) is -0.786. The van der Waals surface area contributed by atoms with Crippen LogP contribution in [0, 0.1) is 5.95 Å². The van der Waals surface area contributed by atoms with Crippen molar-refractivity contribution in [3.05, 3.63) is 60.2 Å². The molecule has 4 nitrogen and oxygen atoms in total. The lowest BCUT2D eigenvalue weighted by Gasteiger charge is -2.07. The van der Waals surface area contributed by atoms with Crippen LogP contribution in [0.1, 0.15) is 5.56 Å². The van der Waals surface area contributed by atoms with Gasteiger partial charge < -0.3 is 0 Å². The Hall–Kier alpha value is -1.95. The van der Waals surface area contributed by atoms with Gasteiger partial charge in [0.15, 0.2) is 0 Å². The molecule has 0 aliphatic carbocycles. The van der Waals surface area contributed by atoms with E-state index in [0.29, 0.717) is 5.56 Å². The van der Waals surface area contributed by atoms with E-state index in [4.69, 9.17) is 0 Å². The molecular weight excluding hydrogens is 255 g/mol. The molecule has 0 saturated carbocycles. The molecule has 2 rings (SSSR count). The van der Waals surface area contributed by atoms with E-state index in [1.165, 1.54) is 6.07 Å². The zero-order valence-corrected chi connectivity index (χ0v) is 10.2. The van der Waals surface area contributed by atoms with Crippen LogP contribution >= 0.6 is 0 Å². The molecule has 0 spiro atoms. The first kappa shape index (κ1) is 12.5. The van der Waals surface area contributed by atoms with Gasteiger partial charge in [-0.05, 0) is 17.7 Å². The maximum atomic E-state index is 12.6. The summed E-state index contributed by atoms with van der Waals surface area (Å²) >= 11 is 0. The van der Waals surface area contributed by atoms with Crippen LogP contribution < -0.4 is 4.72 Å². The number of sulfonamides is 1. The van der Waals surface area contributed by atoms with Crippen molar-refractivity contribution in [2.75, 3.05) is 4.72 Å². The highest BCUT2D eigenvalue weighted by Gasteiger charge is 2.11. The van der Waals surface area contributed by atoms with Crippen LogP contribution in [0.3, 0.4) is 0 Å². The molecule has 94 valence electrons. The summed E-state index contributed by atoms with van der Waals surface area (Å²) in [7, 11) is -3.51. The summed E-state index contributed by atoms with van der Waals surface area (Å²) in [5.41, 5.74) is 0.924. The molecule has 0 fully saturated rings. The van der Waals surface area contributed by atoms with Gasteiger partial charge in [-0.1, -0.05) is 30.3 Å². The lowest BCUT2D eigenvalue weighted by atomic mass is 10.2. The van der Waals surface area contributed by atoms with Crippen LogP contribution in [0.5, 0.6) is 0 Å². The number of halogens is 1. The topological polar surface area (TPSA) is 59.1 Å². The van der Waals surface area contributed by atoms with E-state index in [-0.39, 0.29) is 11.4 Å². The number of benzene rings is 1. The molecule has 0 saturated heterocycles. The van der Waals surface area contributed by atoms with Crippen molar-refractivity contribution >= 4 is 15.7 Å². The molecule has 1 N–H and O–H groups in total. The van der Waals surface area contributed by atoms with Crippen LogP contribution in [-0.4, -0.2) is 13.4 Å². The molecule has 1 heterocycles. The summed E-state index contributed by atoms with van der Waals surface area (Å²) in [5, 5.41) is 0. The van der Waals surface area contributed by atoms with Crippen LogP contribution in [-0.2, 0) is 15.8 Å². The molecule has 2 aromatic rings. The second-order valence-corrected chi connectivity index (χ2v) is 5.44. The maximum absolute atomic E-state index is 12.6. The van der Waals surface area contributed by atoms with Crippen molar-refractivity contribution in [3.8, 4) is 0 Å². The van der Waals surface area contributed by atoms with E-state index in [0.717, 1.165) is 12.3 Å². The first-order valence-corrected chi connectivity index (χ1v) is 6.86. The minimum atomic E-state index is -3.51. The van der Waals surface area contributed by atoms with Crippen molar-refractivity contribution in [2.24, 2.45) is 0 Å². The Morgan fingerprint density at radius 3 is 2.44 bits per heavy atom. The fourth-order valence-corrected chi connectivity index (χ4v) is 2.63. The molecule has 1 aromatic carbocycles. The van der Waals surface area contributed by atoms with Gasteiger partial charge in [0, 0.05) is 0 Å². The fourth-order valence-electron chi connectivity index (χ4n) is 1.45. The number of hydrogen-bond acceptors (Lipinski definition) is 3. The van der Waals surface area contributed by atoms with Gasteiger partial charge in [-0.25, -0.2) is 13.4 Å². The first-order chi connectivity index (χ1) is 8.55. The third kappa shape index (κ3) is 3.53. The fraction of sp³-hybridized carbons (Fsp3) is 0.0833. The van der Waals surface area contributed by atoms with E-state index in [1.807, 2.05) is 6.07 Å². The molecule has 0 atom stereocenters. The summed E-state index contributed by atoms with van der Waals surface area (Å²) in [6.07, 6.45) is 1.14. The van der Waals surface area contributed by atoms with E-state index in [9.17, 15) is 12.8 Å². The Balaban J connectivity index is 2.10. The van der Waals surface area contributed by atoms with Gasteiger partial charge in [-0.2, -0.15) is 4.39 Å². The van der Waals surface area contributed by atoms with Gasteiger partial charge in [-0.3, -0.25) is 4.72 Å². The molecule has 18 heavy (non-hydrogen) atoms. The summed E-state index contributed by atoms with van der Waals surface area (Å²) in [6, 6.07) is 11.2. The predicted octanol–water partition coefficient (Wildman–Crippen LogP) is 2.16. The third-order valence-corrected chi connectivity index (χ3v) is 3.46. The van der Waals surface area contributed by atoms with E-state index in [2.05, 4.69) is 9.71 Å². The minimum absolute atomic E-state index is 0.134. The number of rotatable bonds is 4. The molecule has 1 aromatic heterocycles. The number of aromatic nitrogens is 1. The lowest BCUT2D eigenvalue weighted by molar-refractivity contribution is 0.583. The van der Waals surface area contributed by atoms with Crippen LogP contribution in [0.25, 0.3) is 0 Å². The Morgan fingerprint density at radius 2 is 1.83 bits per heavy atom. The Kier molecular flexibility index (Phi) is 3.57. The Labute approximate surface area is 105 Å². The minimum Gasteiger partial charge on any atom is -0.282 e. The van der Waals surface area contributed by atoms with E-state index < -0.39 is 16.0 Å². The summed E-state index contributed by atoms with van der Waals surface area (Å²) in [4.78, 5) is 3.38. The average molecular weight is 266 g/mol. The zero-order valence-electron chi connectivity index (χ0n) is 9.38. The quantitative estimate of drug-likeness (QED) is 0.863. The zero-order chi connectivity index (χ0) is 13.0. The average Bonchev–Trinajstić information content (AvgIpc) is 2.32. The summed E-state index contributed by atoms with van der Waals surface area (Å²) < 4.78 is 38.6. The molecule has 0 aliphatic rings. The molecule has 0 radical (unpaired) electrons. The molecule has 0 bridgehead atoms. The summed E-state index contributed by atoms with van der Waals surface area (Å²) in [6.45, 7) is 0. The van der Waals surface area contributed by atoms with Crippen molar-refractivity contribution in [1.29, 1.82) is 0 Å². The molecule has 0 unspecified atom stereocenters. The second-order valence-electron chi connectivity index (χ2n) is 3.72. The maximum Gasteiger partial charge on any atom is 0.236 e.